The van der Waals surface area contributed by atoms with Gasteiger partial charge in [0.1, 0.15) is 11.4 Å². The van der Waals surface area contributed by atoms with Crippen molar-refractivity contribution in [2.45, 2.75) is 39.3 Å². The first-order valence-electron chi connectivity index (χ1n) is 8.12. The van der Waals surface area contributed by atoms with Crippen LogP contribution < -0.4 is 15.6 Å². The van der Waals surface area contributed by atoms with E-state index in [0.29, 0.717) is 13.0 Å². The highest BCUT2D eigenvalue weighted by molar-refractivity contribution is 5.92. The third-order valence-corrected chi connectivity index (χ3v) is 3.76. The fraction of sp³-hybridized carbons (Fsp3) is 0.389. The van der Waals surface area contributed by atoms with Crippen molar-refractivity contribution in [1.82, 2.24) is 15.1 Å². The molecule has 1 aromatic heterocycles. The minimum atomic E-state index is -0.308. The van der Waals surface area contributed by atoms with E-state index >= 15 is 0 Å². The van der Waals surface area contributed by atoms with E-state index in [-0.39, 0.29) is 23.2 Å². The smallest absolute Gasteiger partial charge is 0.272 e. The Morgan fingerprint density at radius 2 is 2.00 bits per heavy atom. The molecule has 0 spiro atoms. The van der Waals surface area contributed by atoms with Crippen LogP contribution in [0.2, 0.25) is 0 Å². The Morgan fingerprint density at radius 1 is 1.25 bits per heavy atom. The zero-order valence-electron chi connectivity index (χ0n) is 14.3. The molecule has 0 saturated carbocycles. The van der Waals surface area contributed by atoms with Gasteiger partial charge in [-0.1, -0.05) is 32.0 Å². The van der Waals surface area contributed by atoms with Gasteiger partial charge < -0.3 is 10.1 Å². The number of carbonyl (C=O) groups is 1. The fourth-order valence-corrected chi connectivity index (χ4v) is 2.53. The summed E-state index contributed by atoms with van der Waals surface area (Å²) in [5.41, 5.74) is 0.944. The van der Waals surface area contributed by atoms with Crippen molar-refractivity contribution in [3.8, 4) is 5.75 Å². The van der Waals surface area contributed by atoms with Gasteiger partial charge in [-0.25, -0.2) is 4.68 Å². The largest absolute Gasteiger partial charge is 0.496 e. The van der Waals surface area contributed by atoms with Crippen LogP contribution in [0.1, 0.15) is 48.8 Å². The Balaban J connectivity index is 2.23. The molecule has 0 fully saturated rings. The molecule has 0 saturated heterocycles. The number of carbonyl (C=O) groups excluding carboxylic acids is 1. The van der Waals surface area contributed by atoms with E-state index in [2.05, 4.69) is 10.4 Å². The lowest BCUT2D eigenvalue weighted by atomic mass is 10.0. The van der Waals surface area contributed by atoms with E-state index < -0.39 is 0 Å². The quantitative estimate of drug-likeness (QED) is 0.847. The van der Waals surface area contributed by atoms with Gasteiger partial charge >= 0.3 is 0 Å². The van der Waals surface area contributed by atoms with Crippen LogP contribution in [0.4, 0.5) is 0 Å². The van der Waals surface area contributed by atoms with Crippen LogP contribution in [0.15, 0.2) is 41.2 Å². The van der Waals surface area contributed by atoms with Crippen molar-refractivity contribution in [2.24, 2.45) is 0 Å². The summed E-state index contributed by atoms with van der Waals surface area (Å²) in [5.74, 6) is 0.422. The van der Waals surface area contributed by atoms with Crippen molar-refractivity contribution < 1.29 is 9.53 Å². The molecule has 1 atom stereocenters. The first-order valence-corrected chi connectivity index (χ1v) is 8.12. The lowest BCUT2D eigenvalue weighted by molar-refractivity contribution is 0.0927. The summed E-state index contributed by atoms with van der Waals surface area (Å²) < 4.78 is 6.69. The molecule has 1 heterocycles. The van der Waals surface area contributed by atoms with E-state index in [1.165, 1.54) is 16.8 Å². The Hall–Kier alpha value is -2.63. The molecule has 0 aliphatic carbocycles. The molecule has 2 aromatic rings. The number of methoxy groups -OCH3 is 1. The predicted octanol–water partition coefficient (Wildman–Crippen LogP) is 2.54. The Labute approximate surface area is 141 Å². The second-order valence-electron chi connectivity index (χ2n) is 5.46. The molecule has 1 amide bonds. The van der Waals surface area contributed by atoms with Crippen molar-refractivity contribution in [3.63, 3.8) is 0 Å². The minimum Gasteiger partial charge on any atom is -0.496 e. The lowest BCUT2D eigenvalue weighted by Gasteiger charge is -2.19. The number of aryl methyl sites for hydroxylation is 1. The summed E-state index contributed by atoms with van der Waals surface area (Å²) in [6.07, 6.45) is 1.48. The van der Waals surface area contributed by atoms with E-state index in [9.17, 15) is 9.59 Å². The zero-order valence-corrected chi connectivity index (χ0v) is 14.3. The van der Waals surface area contributed by atoms with Gasteiger partial charge in [0.25, 0.3) is 11.5 Å². The monoisotopic (exact) mass is 329 g/mol. The number of benzene rings is 1. The highest BCUT2D eigenvalue weighted by atomic mass is 16.5. The van der Waals surface area contributed by atoms with Crippen molar-refractivity contribution in [3.05, 3.63) is 58.0 Å². The normalized spacial score (nSPS) is 11.8. The van der Waals surface area contributed by atoms with Crippen LogP contribution in [0.3, 0.4) is 0 Å². The molecular formula is C18H23N3O3. The van der Waals surface area contributed by atoms with E-state index in [1.54, 1.807) is 7.11 Å². The highest BCUT2D eigenvalue weighted by Crippen LogP contribution is 2.26. The number of hydrogen-bond donors (Lipinski definition) is 1. The molecule has 0 aliphatic rings. The van der Waals surface area contributed by atoms with Crippen molar-refractivity contribution in [1.29, 1.82) is 0 Å². The Morgan fingerprint density at radius 3 is 2.67 bits per heavy atom. The van der Waals surface area contributed by atoms with Crippen LogP contribution >= 0.6 is 0 Å². The van der Waals surface area contributed by atoms with Gasteiger partial charge in [-0.05, 0) is 25.0 Å². The minimum absolute atomic E-state index is 0.193. The Kier molecular flexibility index (Phi) is 6.12. The molecule has 0 radical (unpaired) electrons. The van der Waals surface area contributed by atoms with Gasteiger partial charge in [-0.3, -0.25) is 9.59 Å². The summed E-state index contributed by atoms with van der Waals surface area (Å²) in [6, 6.07) is 10.2. The van der Waals surface area contributed by atoms with Crippen LogP contribution in [-0.4, -0.2) is 22.8 Å². The lowest BCUT2D eigenvalue weighted by Crippen LogP contribution is -2.32. The van der Waals surface area contributed by atoms with Crippen LogP contribution in [0.5, 0.6) is 5.75 Å². The first-order chi connectivity index (χ1) is 11.6. The number of ether oxygens (including phenoxy) is 1. The van der Waals surface area contributed by atoms with Crippen LogP contribution in [0.25, 0.3) is 0 Å². The van der Waals surface area contributed by atoms with Gasteiger partial charge in [0.2, 0.25) is 0 Å². The Bertz CT molecular complexity index is 755. The zero-order chi connectivity index (χ0) is 17.5. The number of amides is 1. The maximum atomic E-state index is 12.5. The second kappa shape index (κ2) is 8.29. The summed E-state index contributed by atoms with van der Waals surface area (Å²) in [4.78, 5) is 24.2. The topological polar surface area (TPSA) is 73.2 Å². The highest BCUT2D eigenvalue weighted by Gasteiger charge is 2.18. The molecule has 0 unspecified atom stereocenters. The third-order valence-electron chi connectivity index (χ3n) is 3.76. The standard InChI is InChI=1S/C18H23N3O3/c1-4-12-21-17(22)11-10-15(20-21)18(23)19-14(5-2)13-8-6-7-9-16(13)24-3/h6-11,14H,4-5,12H2,1-3H3,(H,19,23)/t14-/m1/s1. The molecule has 6 nitrogen and oxygen atoms in total. The van der Waals surface area contributed by atoms with Gasteiger partial charge in [-0.2, -0.15) is 5.10 Å². The number of aromatic nitrogens is 2. The number of hydrogen-bond acceptors (Lipinski definition) is 4. The molecule has 6 heteroatoms. The second-order valence-corrected chi connectivity index (χ2v) is 5.46. The van der Waals surface area contributed by atoms with Crippen molar-refractivity contribution in [2.75, 3.05) is 7.11 Å². The van der Waals surface area contributed by atoms with Crippen LogP contribution in [-0.2, 0) is 6.54 Å². The van der Waals surface area contributed by atoms with Crippen LogP contribution in [0, 0.1) is 0 Å². The molecule has 24 heavy (non-hydrogen) atoms. The molecule has 2 rings (SSSR count). The van der Waals surface area contributed by atoms with Gasteiger partial charge in [0, 0.05) is 18.2 Å². The number of rotatable bonds is 7. The van der Waals surface area contributed by atoms with E-state index in [1.807, 2.05) is 38.1 Å². The van der Waals surface area contributed by atoms with Gasteiger partial charge in [0.15, 0.2) is 0 Å². The molecule has 1 aromatic carbocycles. The molecular weight excluding hydrogens is 306 g/mol. The predicted molar refractivity (Wildman–Crippen MR) is 92.3 cm³/mol. The average Bonchev–Trinajstić information content (AvgIpc) is 2.61. The van der Waals surface area contributed by atoms with Gasteiger partial charge in [-0.15, -0.1) is 0 Å². The summed E-state index contributed by atoms with van der Waals surface area (Å²) in [5, 5.41) is 7.11. The fourth-order valence-electron chi connectivity index (χ4n) is 2.53. The number of nitrogens with zero attached hydrogens (tertiary/aromatic N) is 2. The average molecular weight is 329 g/mol. The van der Waals surface area contributed by atoms with Gasteiger partial charge in [0.05, 0.1) is 13.2 Å². The first kappa shape index (κ1) is 17.7. The molecule has 1 N–H and O–H groups in total. The molecule has 0 aliphatic heterocycles. The summed E-state index contributed by atoms with van der Waals surface area (Å²) >= 11 is 0. The molecule has 128 valence electrons. The van der Waals surface area contributed by atoms with E-state index in [4.69, 9.17) is 4.74 Å². The summed E-state index contributed by atoms with van der Waals surface area (Å²) in [6.45, 7) is 4.43. The van der Waals surface area contributed by atoms with Crippen molar-refractivity contribution >= 4 is 5.91 Å². The third kappa shape index (κ3) is 4.01. The SMILES string of the molecule is CCCn1nc(C(=O)N[C@H](CC)c2ccccc2OC)ccc1=O. The molecule has 0 bridgehead atoms. The van der Waals surface area contributed by atoms with E-state index in [0.717, 1.165) is 17.7 Å². The maximum absolute atomic E-state index is 12.5. The number of para-hydroxylation sites is 1. The summed E-state index contributed by atoms with van der Waals surface area (Å²) in [7, 11) is 1.61. The maximum Gasteiger partial charge on any atom is 0.272 e. The number of nitrogens with one attached hydrogen (secondary N) is 1.